The van der Waals surface area contributed by atoms with Gasteiger partial charge in [0.05, 0.1) is 6.61 Å². The maximum absolute atomic E-state index is 8.92. The van der Waals surface area contributed by atoms with Crippen molar-refractivity contribution < 1.29 is 5.11 Å². The third-order valence-corrected chi connectivity index (χ3v) is 2.34. The molecule has 0 heterocycles. The van der Waals surface area contributed by atoms with Gasteiger partial charge in [-0.1, -0.05) is 6.92 Å². The van der Waals surface area contributed by atoms with Gasteiger partial charge in [0.25, 0.3) is 0 Å². The van der Waals surface area contributed by atoms with Crippen LogP contribution in [0.3, 0.4) is 0 Å². The van der Waals surface area contributed by atoms with E-state index in [2.05, 4.69) is 18.7 Å². The normalized spacial score (nSPS) is 16.9. The largest absolute Gasteiger partial charge is 0.395 e. The number of hydrogen-bond acceptors (Lipinski definition) is 3. The average molecular weight is 160 g/mol. The van der Waals surface area contributed by atoms with E-state index in [0.29, 0.717) is 12.6 Å². The molecule has 0 fully saturated rings. The van der Waals surface area contributed by atoms with Crippen molar-refractivity contribution in [3.05, 3.63) is 0 Å². The molecule has 3 N–H and O–H groups in total. The second-order valence-corrected chi connectivity index (χ2v) is 2.99. The van der Waals surface area contributed by atoms with Crippen molar-refractivity contribution >= 4 is 0 Å². The molecule has 2 atom stereocenters. The maximum Gasteiger partial charge on any atom is 0.0599 e. The Bertz CT molecular complexity index is 94.1. The van der Waals surface area contributed by atoms with Crippen LogP contribution in [0.2, 0.25) is 0 Å². The minimum Gasteiger partial charge on any atom is -0.395 e. The molecule has 0 aliphatic heterocycles. The van der Waals surface area contributed by atoms with Gasteiger partial charge < -0.3 is 10.8 Å². The molecular formula is C8H20N2O. The van der Waals surface area contributed by atoms with Gasteiger partial charge in [-0.15, -0.1) is 0 Å². The van der Waals surface area contributed by atoms with Crippen molar-refractivity contribution in [1.82, 2.24) is 4.90 Å². The summed E-state index contributed by atoms with van der Waals surface area (Å²) >= 11 is 0. The van der Waals surface area contributed by atoms with Gasteiger partial charge in [0.15, 0.2) is 0 Å². The van der Waals surface area contributed by atoms with E-state index >= 15 is 0 Å². The standard InChI is InChI=1S/C8H20N2O/c1-4-7(2)10(3)8(5-9)6-11/h7-8,11H,4-6,9H2,1-3H3. The SMILES string of the molecule is CCC(C)N(C)C(CN)CO. The van der Waals surface area contributed by atoms with Crippen LogP contribution in [0.4, 0.5) is 0 Å². The second kappa shape index (κ2) is 5.52. The highest BCUT2D eigenvalue weighted by Gasteiger charge is 2.15. The van der Waals surface area contributed by atoms with Gasteiger partial charge >= 0.3 is 0 Å². The molecule has 68 valence electrons. The summed E-state index contributed by atoms with van der Waals surface area (Å²) in [5.41, 5.74) is 5.48. The molecule has 0 bridgehead atoms. The zero-order chi connectivity index (χ0) is 8.85. The van der Waals surface area contributed by atoms with Gasteiger partial charge in [-0.2, -0.15) is 0 Å². The molecule has 11 heavy (non-hydrogen) atoms. The van der Waals surface area contributed by atoms with Crippen molar-refractivity contribution in [3.8, 4) is 0 Å². The molecule has 0 aromatic rings. The number of nitrogens with two attached hydrogens (primary N) is 1. The van der Waals surface area contributed by atoms with E-state index in [1.165, 1.54) is 0 Å². The van der Waals surface area contributed by atoms with Crippen LogP contribution in [0.5, 0.6) is 0 Å². The van der Waals surface area contributed by atoms with Crippen LogP contribution in [0.25, 0.3) is 0 Å². The summed E-state index contributed by atoms with van der Waals surface area (Å²) in [6, 6.07) is 0.612. The lowest BCUT2D eigenvalue weighted by molar-refractivity contribution is 0.118. The van der Waals surface area contributed by atoms with Gasteiger partial charge in [-0.25, -0.2) is 0 Å². The third kappa shape index (κ3) is 3.18. The lowest BCUT2D eigenvalue weighted by Crippen LogP contribution is -2.45. The first-order chi connectivity index (χ1) is 5.17. The summed E-state index contributed by atoms with van der Waals surface area (Å²) in [5, 5.41) is 8.92. The summed E-state index contributed by atoms with van der Waals surface area (Å²) in [7, 11) is 2.00. The van der Waals surface area contributed by atoms with Gasteiger partial charge in [0.2, 0.25) is 0 Å². The molecule has 0 aromatic carbocycles. The van der Waals surface area contributed by atoms with Gasteiger partial charge in [0.1, 0.15) is 0 Å². The number of hydrogen-bond donors (Lipinski definition) is 2. The van der Waals surface area contributed by atoms with Crippen LogP contribution >= 0.6 is 0 Å². The smallest absolute Gasteiger partial charge is 0.0599 e. The lowest BCUT2D eigenvalue weighted by Gasteiger charge is -2.30. The van der Waals surface area contributed by atoms with Gasteiger partial charge in [-0.3, -0.25) is 4.90 Å². The molecule has 0 aliphatic rings. The predicted octanol–water partition coefficient (Wildman–Crippen LogP) is 0.0363. The van der Waals surface area contributed by atoms with Crippen LogP contribution < -0.4 is 5.73 Å². The van der Waals surface area contributed by atoms with Crippen molar-refractivity contribution in [2.45, 2.75) is 32.4 Å². The predicted molar refractivity (Wildman–Crippen MR) is 47.4 cm³/mol. The molecule has 0 amide bonds. The number of aliphatic hydroxyl groups excluding tert-OH is 1. The molecule has 0 radical (unpaired) electrons. The van der Waals surface area contributed by atoms with E-state index in [4.69, 9.17) is 10.8 Å². The molecule has 3 nitrogen and oxygen atoms in total. The molecule has 0 rings (SSSR count). The Labute approximate surface area is 69.2 Å². The van der Waals surface area contributed by atoms with Crippen molar-refractivity contribution in [1.29, 1.82) is 0 Å². The molecule has 0 aromatic heterocycles. The van der Waals surface area contributed by atoms with Crippen LogP contribution in [-0.2, 0) is 0 Å². The fraction of sp³-hybridized carbons (Fsp3) is 1.00. The van der Waals surface area contributed by atoms with E-state index in [1.54, 1.807) is 0 Å². The van der Waals surface area contributed by atoms with Crippen LogP contribution in [0.15, 0.2) is 0 Å². The number of rotatable bonds is 5. The number of aliphatic hydroxyl groups is 1. The highest BCUT2D eigenvalue weighted by Crippen LogP contribution is 2.04. The van der Waals surface area contributed by atoms with Gasteiger partial charge in [-0.05, 0) is 20.4 Å². The first-order valence-electron chi connectivity index (χ1n) is 4.20. The third-order valence-electron chi connectivity index (χ3n) is 2.34. The molecule has 0 spiro atoms. The Balaban J connectivity index is 3.86. The number of nitrogens with zero attached hydrogens (tertiary/aromatic N) is 1. The summed E-state index contributed by atoms with van der Waals surface area (Å²) < 4.78 is 0. The summed E-state index contributed by atoms with van der Waals surface area (Å²) in [4.78, 5) is 2.12. The molecule has 0 saturated heterocycles. The van der Waals surface area contributed by atoms with E-state index in [9.17, 15) is 0 Å². The van der Waals surface area contributed by atoms with E-state index < -0.39 is 0 Å². The molecule has 3 heteroatoms. The average Bonchev–Trinajstić information content (AvgIpc) is 2.05. The van der Waals surface area contributed by atoms with Crippen molar-refractivity contribution in [2.24, 2.45) is 5.73 Å². The highest BCUT2D eigenvalue weighted by molar-refractivity contribution is 4.72. The Morgan fingerprint density at radius 2 is 2.09 bits per heavy atom. The Morgan fingerprint density at radius 1 is 1.55 bits per heavy atom. The number of likely N-dealkylation sites (N-methyl/N-ethyl adjacent to an activating group) is 1. The van der Waals surface area contributed by atoms with E-state index in [0.717, 1.165) is 6.42 Å². The topological polar surface area (TPSA) is 49.5 Å². The van der Waals surface area contributed by atoms with E-state index in [1.807, 2.05) is 7.05 Å². The molecule has 2 unspecified atom stereocenters. The second-order valence-electron chi connectivity index (χ2n) is 2.99. The van der Waals surface area contributed by atoms with Crippen LogP contribution in [-0.4, -0.2) is 42.3 Å². The highest BCUT2D eigenvalue weighted by atomic mass is 16.3. The Kier molecular flexibility index (Phi) is 5.46. The minimum absolute atomic E-state index is 0.116. The minimum atomic E-state index is 0.116. The lowest BCUT2D eigenvalue weighted by atomic mass is 10.2. The summed E-state index contributed by atoms with van der Waals surface area (Å²) in [6.07, 6.45) is 1.09. The van der Waals surface area contributed by atoms with Crippen molar-refractivity contribution in [3.63, 3.8) is 0 Å². The Hall–Kier alpha value is -0.120. The monoisotopic (exact) mass is 160 g/mol. The summed E-state index contributed by atoms with van der Waals surface area (Å²) in [6.45, 7) is 4.94. The van der Waals surface area contributed by atoms with E-state index in [-0.39, 0.29) is 12.6 Å². The quantitative estimate of drug-likeness (QED) is 0.597. The zero-order valence-corrected chi connectivity index (χ0v) is 7.75. The first-order valence-corrected chi connectivity index (χ1v) is 4.20. The fourth-order valence-corrected chi connectivity index (χ4v) is 1.02. The molecule has 0 saturated carbocycles. The summed E-state index contributed by atoms with van der Waals surface area (Å²) in [5.74, 6) is 0. The van der Waals surface area contributed by atoms with Gasteiger partial charge in [0, 0.05) is 18.6 Å². The molecule has 0 aliphatic carbocycles. The molecular weight excluding hydrogens is 140 g/mol. The first kappa shape index (κ1) is 10.9. The van der Waals surface area contributed by atoms with Crippen molar-refractivity contribution in [2.75, 3.05) is 20.2 Å². The fourth-order valence-electron chi connectivity index (χ4n) is 1.02. The van der Waals surface area contributed by atoms with Crippen LogP contribution in [0, 0.1) is 0 Å². The van der Waals surface area contributed by atoms with Crippen LogP contribution in [0.1, 0.15) is 20.3 Å². The maximum atomic E-state index is 8.92. The zero-order valence-electron chi connectivity index (χ0n) is 7.75. The Morgan fingerprint density at radius 3 is 2.36 bits per heavy atom.